The maximum atomic E-state index is 12.3. The van der Waals surface area contributed by atoms with E-state index < -0.39 is 12.1 Å². The molecule has 1 saturated heterocycles. The molecule has 0 bridgehead atoms. The summed E-state index contributed by atoms with van der Waals surface area (Å²) >= 11 is 0. The number of carbonyl (C=O) groups excluding carboxylic acids is 1. The van der Waals surface area contributed by atoms with Crippen LogP contribution in [0.3, 0.4) is 0 Å². The second kappa shape index (κ2) is 5.24. The maximum absolute atomic E-state index is 12.3. The van der Waals surface area contributed by atoms with Gasteiger partial charge in [0.05, 0.1) is 30.5 Å². The van der Waals surface area contributed by atoms with Gasteiger partial charge in [-0.1, -0.05) is 0 Å². The number of carboxylic acids is 1. The van der Waals surface area contributed by atoms with Crippen LogP contribution in [0, 0.1) is 0 Å². The van der Waals surface area contributed by atoms with Crippen LogP contribution in [0.25, 0.3) is 0 Å². The van der Waals surface area contributed by atoms with Crippen LogP contribution in [0.2, 0.25) is 0 Å². The minimum atomic E-state index is -1.05. The van der Waals surface area contributed by atoms with Crippen LogP contribution in [-0.2, 0) is 15.1 Å². The highest BCUT2D eigenvalue weighted by Gasteiger charge is 2.30. The second-order valence-corrected chi connectivity index (χ2v) is 5.79. The molecule has 0 unspecified atom stereocenters. The van der Waals surface area contributed by atoms with Crippen molar-refractivity contribution in [3.05, 3.63) is 18.0 Å². The Hall–Kier alpha value is -1.89. The second-order valence-electron chi connectivity index (χ2n) is 5.79. The summed E-state index contributed by atoms with van der Waals surface area (Å²) in [5.74, 6) is -1.26. The lowest BCUT2D eigenvalue weighted by atomic mass is 10.1. The number of amides is 1. The van der Waals surface area contributed by atoms with Gasteiger partial charge in [-0.05, 0) is 20.8 Å². The van der Waals surface area contributed by atoms with E-state index in [0.29, 0.717) is 12.1 Å². The number of rotatable bonds is 2. The normalized spacial score (nSPS) is 19.9. The van der Waals surface area contributed by atoms with Gasteiger partial charge in [0, 0.05) is 12.7 Å². The van der Waals surface area contributed by atoms with Gasteiger partial charge in [-0.3, -0.25) is 9.48 Å². The SMILES string of the molecule is CC(C)(C)n1cc(C(=O)N2CCO[C@H](C(=O)O)C2)cn1. The molecule has 1 N–H and O–H groups in total. The topological polar surface area (TPSA) is 84.7 Å². The van der Waals surface area contributed by atoms with Crippen molar-refractivity contribution < 1.29 is 19.4 Å². The third-order valence-corrected chi connectivity index (χ3v) is 3.15. The first-order valence-corrected chi connectivity index (χ1v) is 6.48. The number of hydrogen-bond donors (Lipinski definition) is 1. The van der Waals surface area contributed by atoms with E-state index in [1.807, 2.05) is 20.8 Å². The zero-order valence-electron chi connectivity index (χ0n) is 11.9. The van der Waals surface area contributed by atoms with Crippen molar-refractivity contribution in [2.24, 2.45) is 0 Å². The Bertz CT molecular complexity index is 518. The van der Waals surface area contributed by atoms with Crippen LogP contribution in [0.1, 0.15) is 31.1 Å². The number of aliphatic carboxylic acids is 1. The Morgan fingerprint density at radius 2 is 2.15 bits per heavy atom. The van der Waals surface area contributed by atoms with Crippen molar-refractivity contribution in [2.75, 3.05) is 19.7 Å². The smallest absolute Gasteiger partial charge is 0.334 e. The summed E-state index contributed by atoms with van der Waals surface area (Å²) in [6, 6.07) is 0. The number of nitrogens with zero attached hydrogens (tertiary/aromatic N) is 3. The zero-order valence-corrected chi connectivity index (χ0v) is 11.9. The fraction of sp³-hybridized carbons (Fsp3) is 0.615. The number of carbonyl (C=O) groups is 2. The molecule has 1 atom stereocenters. The predicted molar refractivity (Wildman–Crippen MR) is 70.5 cm³/mol. The van der Waals surface area contributed by atoms with Crippen LogP contribution in [0.4, 0.5) is 0 Å². The number of ether oxygens (including phenoxy) is 1. The van der Waals surface area contributed by atoms with Crippen molar-refractivity contribution in [1.82, 2.24) is 14.7 Å². The lowest BCUT2D eigenvalue weighted by Gasteiger charge is -2.30. The van der Waals surface area contributed by atoms with Gasteiger partial charge < -0.3 is 14.7 Å². The average Bonchev–Trinajstić information content (AvgIpc) is 2.87. The molecule has 1 amide bonds. The number of carboxylic acid groups (broad SMARTS) is 1. The van der Waals surface area contributed by atoms with Gasteiger partial charge in [0.1, 0.15) is 0 Å². The molecule has 2 heterocycles. The summed E-state index contributed by atoms with van der Waals surface area (Å²) in [5, 5.41) is 13.1. The van der Waals surface area contributed by atoms with Crippen LogP contribution < -0.4 is 0 Å². The van der Waals surface area contributed by atoms with Gasteiger partial charge in [-0.2, -0.15) is 5.10 Å². The van der Waals surface area contributed by atoms with Gasteiger partial charge in [0.25, 0.3) is 5.91 Å². The molecular formula is C13H19N3O4. The lowest BCUT2D eigenvalue weighted by Crippen LogP contribution is -2.48. The molecule has 1 aliphatic rings. The molecule has 0 aromatic carbocycles. The Balaban J connectivity index is 2.11. The van der Waals surface area contributed by atoms with Gasteiger partial charge in [0.15, 0.2) is 6.10 Å². The van der Waals surface area contributed by atoms with Crippen molar-refractivity contribution >= 4 is 11.9 Å². The van der Waals surface area contributed by atoms with Gasteiger partial charge in [-0.15, -0.1) is 0 Å². The van der Waals surface area contributed by atoms with Gasteiger partial charge in [-0.25, -0.2) is 4.79 Å². The minimum absolute atomic E-state index is 0.0643. The molecule has 1 aliphatic heterocycles. The molecule has 110 valence electrons. The standard InChI is InChI=1S/C13H19N3O4/c1-13(2,3)16-7-9(6-14-16)11(17)15-4-5-20-10(8-15)12(18)19/h6-7,10H,4-5,8H2,1-3H3,(H,18,19)/t10-/m0/s1. The highest BCUT2D eigenvalue weighted by atomic mass is 16.5. The minimum Gasteiger partial charge on any atom is -0.479 e. The summed E-state index contributed by atoms with van der Waals surface area (Å²) < 4.78 is 6.82. The van der Waals surface area contributed by atoms with Crippen molar-refractivity contribution in [1.29, 1.82) is 0 Å². The summed E-state index contributed by atoms with van der Waals surface area (Å²) in [4.78, 5) is 24.7. The first kappa shape index (κ1) is 14.5. The number of aromatic nitrogens is 2. The predicted octanol–water partition coefficient (Wildman–Crippen LogP) is 0.564. The average molecular weight is 281 g/mol. The van der Waals surface area contributed by atoms with Crippen molar-refractivity contribution in [2.45, 2.75) is 32.4 Å². The highest BCUT2D eigenvalue weighted by molar-refractivity contribution is 5.94. The summed E-state index contributed by atoms with van der Waals surface area (Å²) in [5.41, 5.74) is 0.263. The van der Waals surface area contributed by atoms with E-state index in [0.717, 1.165) is 0 Å². The van der Waals surface area contributed by atoms with E-state index in [9.17, 15) is 9.59 Å². The zero-order chi connectivity index (χ0) is 14.9. The highest BCUT2D eigenvalue weighted by Crippen LogP contribution is 2.15. The van der Waals surface area contributed by atoms with E-state index in [4.69, 9.17) is 9.84 Å². The number of hydrogen-bond acceptors (Lipinski definition) is 4. The van der Waals surface area contributed by atoms with E-state index in [1.54, 1.807) is 10.9 Å². The molecule has 0 saturated carbocycles. The Kier molecular flexibility index (Phi) is 3.80. The summed E-state index contributed by atoms with van der Waals surface area (Å²) in [6.07, 6.45) is 2.25. The van der Waals surface area contributed by atoms with Crippen LogP contribution in [0.15, 0.2) is 12.4 Å². The summed E-state index contributed by atoms with van der Waals surface area (Å²) in [6.45, 7) is 6.66. The lowest BCUT2D eigenvalue weighted by molar-refractivity contribution is -0.154. The van der Waals surface area contributed by atoms with Crippen LogP contribution >= 0.6 is 0 Å². The molecule has 0 aliphatic carbocycles. The molecule has 1 fully saturated rings. The Morgan fingerprint density at radius 1 is 1.45 bits per heavy atom. The van der Waals surface area contributed by atoms with Crippen molar-refractivity contribution in [3.63, 3.8) is 0 Å². The van der Waals surface area contributed by atoms with E-state index in [2.05, 4.69) is 5.10 Å². The van der Waals surface area contributed by atoms with E-state index in [1.165, 1.54) is 11.1 Å². The fourth-order valence-electron chi connectivity index (χ4n) is 1.97. The van der Waals surface area contributed by atoms with Crippen LogP contribution in [0.5, 0.6) is 0 Å². The molecule has 20 heavy (non-hydrogen) atoms. The third-order valence-electron chi connectivity index (χ3n) is 3.15. The molecule has 7 heteroatoms. The molecule has 1 aromatic heterocycles. The molecule has 7 nitrogen and oxygen atoms in total. The quantitative estimate of drug-likeness (QED) is 0.856. The molecular weight excluding hydrogens is 262 g/mol. The fourth-order valence-corrected chi connectivity index (χ4v) is 1.97. The first-order chi connectivity index (χ1) is 9.29. The van der Waals surface area contributed by atoms with E-state index >= 15 is 0 Å². The molecule has 0 spiro atoms. The largest absolute Gasteiger partial charge is 0.479 e. The van der Waals surface area contributed by atoms with Gasteiger partial charge in [0.2, 0.25) is 0 Å². The van der Waals surface area contributed by atoms with Crippen molar-refractivity contribution in [3.8, 4) is 0 Å². The Morgan fingerprint density at radius 3 is 2.70 bits per heavy atom. The maximum Gasteiger partial charge on any atom is 0.334 e. The molecule has 0 radical (unpaired) electrons. The van der Waals surface area contributed by atoms with E-state index in [-0.39, 0.29) is 24.6 Å². The van der Waals surface area contributed by atoms with Gasteiger partial charge >= 0.3 is 5.97 Å². The monoisotopic (exact) mass is 281 g/mol. The molecule has 1 aromatic rings. The van der Waals surface area contributed by atoms with Crippen LogP contribution in [-0.4, -0.2) is 57.5 Å². The Labute approximate surface area is 117 Å². The third kappa shape index (κ3) is 2.98. The number of morpholine rings is 1. The summed E-state index contributed by atoms with van der Waals surface area (Å²) in [7, 11) is 0. The first-order valence-electron chi connectivity index (χ1n) is 6.48. The molecule has 2 rings (SSSR count).